The number of benzene rings is 2. The van der Waals surface area contributed by atoms with Gasteiger partial charge in [-0.15, -0.1) is 5.10 Å². The van der Waals surface area contributed by atoms with Crippen molar-refractivity contribution in [1.82, 2.24) is 19.5 Å². The highest BCUT2D eigenvalue weighted by Gasteiger charge is 2.11. The van der Waals surface area contributed by atoms with Crippen LogP contribution in [0, 0.1) is 0 Å². The molecule has 0 saturated carbocycles. The van der Waals surface area contributed by atoms with E-state index in [9.17, 15) is 0 Å². The van der Waals surface area contributed by atoms with Crippen molar-refractivity contribution >= 4 is 23.0 Å². The summed E-state index contributed by atoms with van der Waals surface area (Å²) in [7, 11) is 4.10. The molecule has 0 unspecified atom stereocenters. The molecule has 6 heteroatoms. The average Bonchev–Trinajstić information content (AvgIpc) is 3.49. The van der Waals surface area contributed by atoms with Crippen LogP contribution in [-0.2, 0) is 6.42 Å². The van der Waals surface area contributed by atoms with E-state index in [0.717, 1.165) is 29.0 Å². The average molecular weight is 441 g/mol. The number of aryl methyl sites for hydroxylation is 1. The van der Waals surface area contributed by atoms with E-state index in [2.05, 4.69) is 74.7 Å². The topological polar surface area (TPSA) is 48.7 Å². The largest absolute Gasteiger partial charge is 0.378 e. The third kappa shape index (κ3) is 5.01. The molecule has 0 aliphatic carbocycles. The van der Waals surface area contributed by atoms with Crippen molar-refractivity contribution in [2.75, 3.05) is 43.9 Å². The summed E-state index contributed by atoms with van der Waals surface area (Å²) in [6.07, 6.45) is 5.07. The van der Waals surface area contributed by atoms with Gasteiger partial charge in [0.1, 0.15) is 0 Å². The third-order valence-electron chi connectivity index (χ3n) is 6.39. The second-order valence-corrected chi connectivity index (χ2v) is 9.03. The number of anilines is 3. The van der Waals surface area contributed by atoms with E-state index in [1.54, 1.807) is 0 Å². The fourth-order valence-corrected chi connectivity index (χ4v) is 4.50. The molecule has 33 heavy (non-hydrogen) atoms. The lowest BCUT2D eigenvalue weighted by molar-refractivity contribution is 0.334. The van der Waals surface area contributed by atoms with Crippen molar-refractivity contribution in [1.29, 1.82) is 0 Å². The number of hydrogen-bond acceptors (Lipinski definition) is 5. The van der Waals surface area contributed by atoms with E-state index in [4.69, 9.17) is 5.10 Å². The second-order valence-electron chi connectivity index (χ2n) is 9.03. The highest BCUT2D eigenvalue weighted by atomic mass is 15.4. The standard InChI is InChI=1S/C27H32N6/c1-31(2)24-16-12-22(13-17-24)25-8-5-9-26-29-27(30-33(25)26)28-23-14-10-21(11-15-23)7-6-20-32-18-3-4-19-32/h5,8-17H,3-4,6-7,18-20H2,1-2H3,(H,28,30). The van der Waals surface area contributed by atoms with Gasteiger partial charge in [0.05, 0.1) is 5.69 Å². The van der Waals surface area contributed by atoms with Crippen LogP contribution in [0.15, 0.2) is 66.7 Å². The molecule has 1 aliphatic heterocycles. The lowest BCUT2D eigenvalue weighted by Gasteiger charge is -2.14. The number of nitrogens with one attached hydrogen (secondary N) is 1. The Morgan fingerprint density at radius 1 is 0.909 bits per heavy atom. The van der Waals surface area contributed by atoms with Crippen LogP contribution < -0.4 is 10.2 Å². The van der Waals surface area contributed by atoms with Crippen molar-refractivity contribution in [2.24, 2.45) is 0 Å². The van der Waals surface area contributed by atoms with E-state index in [-0.39, 0.29) is 0 Å². The zero-order chi connectivity index (χ0) is 22.6. The summed E-state index contributed by atoms with van der Waals surface area (Å²) in [5.74, 6) is 0.606. The predicted octanol–water partition coefficient (Wildman–Crippen LogP) is 5.23. The minimum absolute atomic E-state index is 0.606. The number of hydrogen-bond donors (Lipinski definition) is 1. The quantitative estimate of drug-likeness (QED) is 0.406. The first-order chi connectivity index (χ1) is 16.2. The van der Waals surface area contributed by atoms with Gasteiger partial charge in [0.2, 0.25) is 5.95 Å². The summed E-state index contributed by atoms with van der Waals surface area (Å²) in [6, 6.07) is 23.2. The van der Waals surface area contributed by atoms with E-state index < -0.39 is 0 Å². The maximum Gasteiger partial charge on any atom is 0.247 e. The van der Waals surface area contributed by atoms with Gasteiger partial charge in [-0.25, -0.2) is 4.52 Å². The highest BCUT2D eigenvalue weighted by Crippen LogP contribution is 2.24. The summed E-state index contributed by atoms with van der Waals surface area (Å²) in [4.78, 5) is 9.36. The molecule has 2 aromatic carbocycles. The van der Waals surface area contributed by atoms with Crippen molar-refractivity contribution in [2.45, 2.75) is 25.7 Å². The molecule has 0 radical (unpaired) electrons. The zero-order valence-electron chi connectivity index (χ0n) is 19.5. The third-order valence-corrected chi connectivity index (χ3v) is 6.39. The SMILES string of the molecule is CN(C)c1ccc(-c2cccc3nc(Nc4ccc(CCCN5CCCC5)cc4)nn23)cc1. The first kappa shape index (κ1) is 21.5. The molecule has 0 spiro atoms. The smallest absolute Gasteiger partial charge is 0.247 e. The van der Waals surface area contributed by atoms with Crippen LogP contribution in [0.5, 0.6) is 0 Å². The zero-order valence-corrected chi connectivity index (χ0v) is 19.5. The van der Waals surface area contributed by atoms with Crippen LogP contribution in [0.3, 0.4) is 0 Å². The number of rotatable bonds is 8. The van der Waals surface area contributed by atoms with Crippen molar-refractivity contribution < 1.29 is 0 Å². The molecule has 3 heterocycles. The Morgan fingerprint density at radius 2 is 1.67 bits per heavy atom. The molecule has 4 aromatic rings. The Morgan fingerprint density at radius 3 is 2.39 bits per heavy atom. The molecule has 1 N–H and O–H groups in total. The van der Waals surface area contributed by atoms with Crippen LogP contribution in [0.25, 0.3) is 16.9 Å². The van der Waals surface area contributed by atoms with Gasteiger partial charge < -0.3 is 15.1 Å². The van der Waals surface area contributed by atoms with Crippen molar-refractivity contribution in [3.05, 3.63) is 72.3 Å². The maximum absolute atomic E-state index is 4.74. The number of likely N-dealkylation sites (tertiary alicyclic amines) is 1. The maximum atomic E-state index is 4.74. The number of aromatic nitrogens is 3. The first-order valence-corrected chi connectivity index (χ1v) is 11.9. The lowest BCUT2D eigenvalue weighted by atomic mass is 10.1. The fraction of sp³-hybridized carbons (Fsp3) is 0.333. The summed E-state index contributed by atoms with van der Waals surface area (Å²) in [5.41, 5.74) is 6.52. The molecule has 5 rings (SSSR count). The second kappa shape index (κ2) is 9.63. The van der Waals surface area contributed by atoms with Crippen LogP contribution in [-0.4, -0.2) is 53.2 Å². The molecule has 0 atom stereocenters. The molecule has 2 aromatic heterocycles. The van der Waals surface area contributed by atoms with Crippen LogP contribution >= 0.6 is 0 Å². The molecular weight excluding hydrogens is 408 g/mol. The summed E-state index contributed by atoms with van der Waals surface area (Å²) >= 11 is 0. The fourth-order valence-electron chi connectivity index (χ4n) is 4.50. The minimum Gasteiger partial charge on any atom is -0.378 e. The molecule has 1 saturated heterocycles. The van der Waals surface area contributed by atoms with Gasteiger partial charge in [-0.3, -0.25) is 0 Å². The summed E-state index contributed by atoms with van der Waals surface area (Å²) in [5, 5.41) is 8.10. The molecule has 0 bridgehead atoms. The Balaban J connectivity index is 1.27. The van der Waals surface area contributed by atoms with Crippen LogP contribution in [0.4, 0.5) is 17.3 Å². The van der Waals surface area contributed by atoms with Crippen LogP contribution in [0.2, 0.25) is 0 Å². The molecular formula is C27H32N6. The summed E-state index contributed by atoms with van der Waals surface area (Å²) in [6.45, 7) is 3.77. The monoisotopic (exact) mass is 440 g/mol. The number of pyridine rings is 1. The van der Waals surface area contributed by atoms with Gasteiger partial charge in [0.15, 0.2) is 5.65 Å². The Labute approximate surface area is 195 Å². The normalized spacial score (nSPS) is 14.1. The van der Waals surface area contributed by atoms with E-state index in [1.165, 1.54) is 50.1 Å². The Kier molecular flexibility index (Phi) is 6.26. The van der Waals surface area contributed by atoms with Gasteiger partial charge >= 0.3 is 0 Å². The first-order valence-electron chi connectivity index (χ1n) is 11.9. The van der Waals surface area contributed by atoms with E-state index >= 15 is 0 Å². The van der Waals surface area contributed by atoms with Gasteiger partial charge in [-0.1, -0.05) is 30.3 Å². The highest BCUT2D eigenvalue weighted by molar-refractivity contribution is 5.67. The summed E-state index contributed by atoms with van der Waals surface area (Å²) < 4.78 is 1.90. The number of fused-ring (bicyclic) bond motifs is 1. The predicted molar refractivity (Wildman–Crippen MR) is 136 cm³/mol. The lowest BCUT2D eigenvalue weighted by Crippen LogP contribution is -2.20. The van der Waals surface area contributed by atoms with Gasteiger partial charge in [0.25, 0.3) is 0 Å². The van der Waals surface area contributed by atoms with Crippen molar-refractivity contribution in [3.63, 3.8) is 0 Å². The molecule has 1 fully saturated rings. The molecule has 170 valence electrons. The van der Waals surface area contributed by atoms with Gasteiger partial charge in [-0.05, 0) is 87.3 Å². The Hall–Kier alpha value is -3.38. The van der Waals surface area contributed by atoms with Gasteiger partial charge in [0, 0.05) is 31.0 Å². The Bertz CT molecular complexity index is 1190. The number of nitrogens with zero attached hydrogens (tertiary/aromatic N) is 5. The van der Waals surface area contributed by atoms with Crippen LogP contribution in [0.1, 0.15) is 24.8 Å². The van der Waals surface area contributed by atoms with Gasteiger partial charge in [-0.2, -0.15) is 4.98 Å². The molecule has 6 nitrogen and oxygen atoms in total. The van der Waals surface area contributed by atoms with E-state index in [1.807, 2.05) is 30.7 Å². The van der Waals surface area contributed by atoms with E-state index in [0.29, 0.717) is 5.95 Å². The molecule has 1 aliphatic rings. The molecule has 0 amide bonds. The minimum atomic E-state index is 0.606. The van der Waals surface area contributed by atoms with Crippen molar-refractivity contribution in [3.8, 4) is 11.3 Å².